The number of nitrogens with one attached hydrogen (secondary N) is 2. The van der Waals surface area contributed by atoms with Crippen molar-refractivity contribution in [1.29, 1.82) is 0 Å². The third-order valence-electron chi connectivity index (χ3n) is 3.61. The molecule has 2 heterocycles. The van der Waals surface area contributed by atoms with Crippen LogP contribution in [-0.4, -0.2) is 23.3 Å². The summed E-state index contributed by atoms with van der Waals surface area (Å²) in [4.78, 5) is 0. The molecule has 100 valence electrons. The van der Waals surface area contributed by atoms with Gasteiger partial charge in [0.25, 0.3) is 0 Å². The zero-order valence-electron chi connectivity index (χ0n) is 10.4. The van der Waals surface area contributed by atoms with Crippen LogP contribution in [0.5, 0.6) is 0 Å². The van der Waals surface area contributed by atoms with Crippen LogP contribution in [-0.2, 0) is 0 Å². The van der Waals surface area contributed by atoms with Gasteiger partial charge in [0.15, 0.2) is 0 Å². The molecule has 1 atom stereocenters. The zero-order chi connectivity index (χ0) is 13.2. The highest BCUT2D eigenvalue weighted by Gasteiger charge is 2.23. The molecule has 0 bridgehead atoms. The first-order valence-electron chi connectivity index (χ1n) is 6.45. The van der Waals surface area contributed by atoms with E-state index >= 15 is 0 Å². The van der Waals surface area contributed by atoms with Crippen LogP contribution >= 0.6 is 0 Å². The molecule has 1 saturated heterocycles. The van der Waals surface area contributed by atoms with Crippen LogP contribution in [0.15, 0.2) is 24.4 Å². The van der Waals surface area contributed by atoms with E-state index in [1.807, 2.05) is 0 Å². The highest BCUT2D eigenvalue weighted by Crippen LogP contribution is 2.33. The fourth-order valence-electron chi connectivity index (χ4n) is 2.66. The molecule has 0 amide bonds. The van der Waals surface area contributed by atoms with E-state index in [0.29, 0.717) is 5.56 Å². The topological polar surface area (TPSA) is 40.7 Å². The smallest absolute Gasteiger partial charge is 0.134 e. The minimum absolute atomic E-state index is 0.0109. The van der Waals surface area contributed by atoms with Gasteiger partial charge in [-0.2, -0.15) is 5.10 Å². The lowest BCUT2D eigenvalue weighted by Crippen LogP contribution is -2.28. The van der Waals surface area contributed by atoms with Crippen LogP contribution in [0.3, 0.4) is 0 Å². The van der Waals surface area contributed by atoms with Crippen LogP contribution < -0.4 is 5.32 Å². The Morgan fingerprint density at radius 1 is 1.21 bits per heavy atom. The summed E-state index contributed by atoms with van der Waals surface area (Å²) in [5.41, 5.74) is 1.36. The van der Waals surface area contributed by atoms with Crippen molar-refractivity contribution >= 4 is 0 Å². The lowest BCUT2D eigenvalue weighted by atomic mass is 9.91. The first-order chi connectivity index (χ1) is 9.27. The molecule has 1 aromatic heterocycles. The minimum atomic E-state index is -0.550. The summed E-state index contributed by atoms with van der Waals surface area (Å²) in [7, 11) is 0. The first kappa shape index (κ1) is 12.3. The molecule has 1 unspecified atom stereocenters. The Morgan fingerprint density at radius 2 is 2.00 bits per heavy atom. The Labute approximate surface area is 110 Å². The molecule has 3 rings (SSSR count). The standard InChI is InChI=1S/C14H15F2N3/c15-11-4-1-5-12(16)13(11)10-8-18-19-14(10)9-3-2-6-17-7-9/h1,4-5,8-9,17H,2-3,6-7H2,(H,18,19). The lowest BCUT2D eigenvalue weighted by Gasteiger charge is -2.22. The van der Waals surface area contributed by atoms with Gasteiger partial charge >= 0.3 is 0 Å². The summed E-state index contributed by atoms with van der Waals surface area (Å²) in [5, 5.41) is 10.2. The number of benzene rings is 1. The maximum Gasteiger partial charge on any atom is 0.134 e. The largest absolute Gasteiger partial charge is 0.316 e. The molecule has 1 aliphatic heterocycles. The molecule has 0 spiro atoms. The van der Waals surface area contributed by atoms with Gasteiger partial charge in [0, 0.05) is 23.7 Å². The predicted octanol–water partition coefficient (Wildman–Crippen LogP) is 2.82. The summed E-state index contributed by atoms with van der Waals surface area (Å²) in [5.74, 6) is -0.872. The molecule has 3 nitrogen and oxygen atoms in total. The van der Waals surface area contributed by atoms with Crippen molar-refractivity contribution in [3.63, 3.8) is 0 Å². The number of hydrogen-bond donors (Lipinski definition) is 2. The molecule has 19 heavy (non-hydrogen) atoms. The summed E-state index contributed by atoms with van der Waals surface area (Å²) < 4.78 is 27.7. The van der Waals surface area contributed by atoms with Crippen molar-refractivity contribution in [3.8, 4) is 11.1 Å². The predicted molar refractivity (Wildman–Crippen MR) is 68.8 cm³/mol. The van der Waals surface area contributed by atoms with E-state index in [-0.39, 0.29) is 11.5 Å². The Morgan fingerprint density at radius 3 is 2.68 bits per heavy atom. The normalized spacial score (nSPS) is 19.6. The molecular weight excluding hydrogens is 248 g/mol. The summed E-state index contributed by atoms with van der Waals surface area (Å²) in [6.45, 7) is 1.80. The lowest BCUT2D eigenvalue weighted by molar-refractivity contribution is 0.454. The maximum absolute atomic E-state index is 13.9. The molecular formula is C14H15F2N3. The second-order valence-corrected chi connectivity index (χ2v) is 4.84. The summed E-state index contributed by atoms with van der Waals surface area (Å²) >= 11 is 0. The van der Waals surface area contributed by atoms with Crippen LogP contribution in [0, 0.1) is 11.6 Å². The molecule has 2 aromatic rings. The monoisotopic (exact) mass is 263 g/mol. The van der Waals surface area contributed by atoms with E-state index in [1.54, 1.807) is 0 Å². The van der Waals surface area contributed by atoms with E-state index < -0.39 is 11.6 Å². The third-order valence-corrected chi connectivity index (χ3v) is 3.61. The quantitative estimate of drug-likeness (QED) is 0.874. The molecule has 5 heteroatoms. The number of piperidine rings is 1. The van der Waals surface area contributed by atoms with Crippen LogP contribution in [0.2, 0.25) is 0 Å². The number of nitrogens with zero attached hydrogens (tertiary/aromatic N) is 1. The van der Waals surface area contributed by atoms with Crippen LogP contribution in [0.1, 0.15) is 24.5 Å². The fourth-order valence-corrected chi connectivity index (χ4v) is 2.66. The number of rotatable bonds is 2. The number of aromatic amines is 1. The SMILES string of the molecule is Fc1cccc(F)c1-c1cn[nH]c1C1CCCNC1. The molecule has 0 aliphatic carbocycles. The van der Waals surface area contributed by atoms with E-state index in [0.717, 1.165) is 31.6 Å². The summed E-state index contributed by atoms with van der Waals surface area (Å²) in [6, 6.07) is 3.92. The Kier molecular flexibility index (Phi) is 3.29. The number of halogens is 2. The highest BCUT2D eigenvalue weighted by molar-refractivity contribution is 5.67. The first-order valence-corrected chi connectivity index (χ1v) is 6.45. The third kappa shape index (κ3) is 2.26. The van der Waals surface area contributed by atoms with E-state index in [9.17, 15) is 8.78 Å². The van der Waals surface area contributed by atoms with E-state index in [1.165, 1.54) is 24.4 Å². The second-order valence-electron chi connectivity index (χ2n) is 4.84. The van der Waals surface area contributed by atoms with Gasteiger partial charge in [-0.3, -0.25) is 5.10 Å². The molecule has 1 aliphatic rings. The van der Waals surface area contributed by atoms with Gasteiger partial charge in [-0.15, -0.1) is 0 Å². The Hall–Kier alpha value is -1.75. The van der Waals surface area contributed by atoms with Crippen molar-refractivity contribution < 1.29 is 8.78 Å². The molecule has 0 radical (unpaired) electrons. The average Bonchev–Trinajstić information content (AvgIpc) is 2.89. The van der Waals surface area contributed by atoms with Crippen LogP contribution in [0.4, 0.5) is 8.78 Å². The maximum atomic E-state index is 13.9. The Balaban J connectivity index is 2.04. The Bertz CT molecular complexity index is 554. The van der Waals surface area contributed by atoms with Gasteiger partial charge in [0.1, 0.15) is 11.6 Å². The van der Waals surface area contributed by atoms with E-state index in [4.69, 9.17) is 0 Å². The average molecular weight is 263 g/mol. The van der Waals surface area contributed by atoms with Crippen molar-refractivity contribution in [3.05, 3.63) is 41.7 Å². The highest BCUT2D eigenvalue weighted by atomic mass is 19.1. The van der Waals surface area contributed by atoms with Crippen LogP contribution in [0.25, 0.3) is 11.1 Å². The van der Waals surface area contributed by atoms with Gasteiger partial charge in [0.05, 0.1) is 11.8 Å². The zero-order valence-corrected chi connectivity index (χ0v) is 10.4. The van der Waals surface area contributed by atoms with Gasteiger partial charge in [-0.1, -0.05) is 6.07 Å². The number of H-pyrrole nitrogens is 1. The van der Waals surface area contributed by atoms with Gasteiger partial charge in [-0.05, 0) is 31.5 Å². The van der Waals surface area contributed by atoms with E-state index in [2.05, 4.69) is 15.5 Å². The van der Waals surface area contributed by atoms with Crippen molar-refractivity contribution in [2.75, 3.05) is 13.1 Å². The number of hydrogen-bond acceptors (Lipinski definition) is 2. The summed E-state index contributed by atoms with van der Waals surface area (Å²) in [6.07, 6.45) is 3.56. The van der Waals surface area contributed by atoms with Crippen molar-refractivity contribution in [1.82, 2.24) is 15.5 Å². The molecule has 2 N–H and O–H groups in total. The van der Waals surface area contributed by atoms with Gasteiger partial charge < -0.3 is 5.32 Å². The number of aromatic nitrogens is 2. The van der Waals surface area contributed by atoms with Crippen molar-refractivity contribution in [2.45, 2.75) is 18.8 Å². The van der Waals surface area contributed by atoms with Gasteiger partial charge in [-0.25, -0.2) is 8.78 Å². The molecule has 1 fully saturated rings. The molecule has 0 saturated carbocycles. The second kappa shape index (κ2) is 5.09. The molecule has 1 aromatic carbocycles. The fraction of sp³-hybridized carbons (Fsp3) is 0.357. The van der Waals surface area contributed by atoms with Crippen molar-refractivity contribution in [2.24, 2.45) is 0 Å². The minimum Gasteiger partial charge on any atom is -0.316 e. The van der Waals surface area contributed by atoms with Gasteiger partial charge in [0.2, 0.25) is 0 Å².